The van der Waals surface area contributed by atoms with Crippen molar-refractivity contribution in [3.63, 3.8) is 0 Å². The van der Waals surface area contributed by atoms with Gasteiger partial charge in [0, 0.05) is 17.5 Å². The van der Waals surface area contributed by atoms with Gasteiger partial charge in [0.15, 0.2) is 0 Å². The number of hydrogen-bond acceptors (Lipinski definition) is 7. The summed E-state index contributed by atoms with van der Waals surface area (Å²) in [5, 5.41) is -0.288. The number of amides is 2. The third-order valence-electron chi connectivity index (χ3n) is 6.51. The van der Waals surface area contributed by atoms with Crippen LogP contribution < -0.4 is 10.6 Å². The van der Waals surface area contributed by atoms with Gasteiger partial charge >= 0.3 is 18.1 Å². The Hall–Kier alpha value is -3.38. The highest BCUT2D eigenvalue weighted by Gasteiger charge is 2.45. The Morgan fingerprint density at radius 3 is 2.30 bits per heavy atom. The number of ether oxygens (including phenoxy) is 1. The highest BCUT2D eigenvalue weighted by molar-refractivity contribution is 7.80. The number of thiol groups is 1. The molecule has 0 saturated heterocycles. The molecule has 0 aliphatic carbocycles. The molecule has 3 atom stereocenters. The van der Waals surface area contributed by atoms with Crippen molar-refractivity contribution in [3.05, 3.63) is 65.2 Å². The lowest BCUT2D eigenvalue weighted by Gasteiger charge is -2.36. The summed E-state index contributed by atoms with van der Waals surface area (Å²) in [6.45, 7) is 5.02. The molecule has 1 aliphatic rings. The maximum Gasteiger partial charge on any atom is 0.491 e. The fourth-order valence-corrected chi connectivity index (χ4v) is 4.91. The number of alkyl halides is 3. The average molecular weight is 580 g/mol. The lowest BCUT2D eigenvalue weighted by molar-refractivity contribution is -0.202. The van der Waals surface area contributed by atoms with Crippen LogP contribution in [-0.2, 0) is 25.5 Å². The summed E-state index contributed by atoms with van der Waals surface area (Å²) < 4.78 is 41.9. The van der Waals surface area contributed by atoms with Gasteiger partial charge in [0.25, 0.3) is 11.8 Å². The molecule has 2 amide bonds. The third kappa shape index (κ3) is 7.22. The zero-order chi connectivity index (χ0) is 29.8. The van der Waals surface area contributed by atoms with Crippen LogP contribution in [0.15, 0.2) is 48.5 Å². The Labute approximate surface area is 236 Å². The second-order valence-electron chi connectivity index (χ2n) is 9.95. The van der Waals surface area contributed by atoms with Crippen molar-refractivity contribution in [1.29, 1.82) is 0 Å². The first-order chi connectivity index (χ1) is 18.7. The van der Waals surface area contributed by atoms with E-state index in [9.17, 15) is 32.3 Å². The van der Waals surface area contributed by atoms with Crippen LogP contribution in [0.5, 0.6) is 0 Å². The number of nitrogens with zero attached hydrogens (tertiary/aromatic N) is 2. The minimum Gasteiger partial charge on any atom is -0.386 e. The summed E-state index contributed by atoms with van der Waals surface area (Å²) in [5.41, 5.74) is 7.59. The van der Waals surface area contributed by atoms with Crippen LogP contribution in [0.3, 0.4) is 0 Å². The van der Waals surface area contributed by atoms with E-state index in [0.717, 1.165) is 5.56 Å². The number of benzene rings is 2. The molecular formula is C28H32F3N3O5S. The second-order valence-corrected chi connectivity index (χ2v) is 10.6. The Morgan fingerprint density at radius 1 is 1.07 bits per heavy atom. The summed E-state index contributed by atoms with van der Waals surface area (Å²) in [5.74, 6) is -5.15. The van der Waals surface area contributed by atoms with Crippen molar-refractivity contribution in [2.45, 2.75) is 76.1 Å². The molecule has 1 aliphatic heterocycles. The van der Waals surface area contributed by atoms with Crippen molar-refractivity contribution in [1.82, 2.24) is 4.90 Å². The van der Waals surface area contributed by atoms with Crippen LogP contribution in [0.1, 0.15) is 67.6 Å². The van der Waals surface area contributed by atoms with Crippen LogP contribution >= 0.6 is 12.6 Å². The highest BCUT2D eigenvalue weighted by atomic mass is 32.1. The number of aryl methyl sites for hydroxylation is 1. The largest absolute Gasteiger partial charge is 0.491 e. The molecule has 2 aromatic rings. The average Bonchev–Trinajstić information content (AvgIpc) is 2.95. The van der Waals surface area contributed by atoms with Gasteiger partial charge in [0.1, 0.15) is 6.04 Å². The minimum atomic E-state index is -5.36. The van der Waals surface area contributed by atoms with Gasteiger partial charge in [-0.2, -0.15) is 25.8 Å². The molecule has 0 spiro atoms. The number of rotatable bonds is 9. The standard InChI is InChI=1S/C28H32F3N3O5S/c1-16(2)33-21-13-12-18(8-7-11-22(32)40)15-20(21)25(36)34(24(26(33)37)19-9-5-4-6-10-19)17(3)14-23(35)39-27(38)28(29,30)31/h4-6,9-10,12-13,15-17,22,24,40H,7-8,11,14,32H2,1-3H3. The van der Waals surface area contributed by atoms with Gasteiger partial charge in [-0.1, -0.05) is 36.4 Å². The molecule has 0 saturated carbocycles. The monoisotopic (exact) mass is 579 g/mol. The first kappa shape index (κ1) is 31.2. The molecule has 0 aromatic heterocycles. The maximum atomic E-state index is 14.2. The fourth-order valence-electron chi connectivity index (χ4n) is 4.73. The van der Waals surface area contributed by atoms with E-state index in [1.54, 1.807) is 56.3 Å². The fraction of sp³-hybridized carbons (Fsp3) is 0.429. The maximum absolute atomic E-state index is 14.2. The van der Waals surface area contributed by atoms with Crippen LogP contribution in [-0.4, -0.2) is 52.3 Å². The Bertz CT molecular complexity index is 1250. The molecule has 216 valence electrons. The molecule has 12 heteroatoms. The first-order valence-electron chi connectivity index (χ1n) is 12.8. The molecule has 0 radical (unpaired) electrons. The number of anilines is 1. The van der Waals surface area contributed by atoms with E-state index in [1.165, 1.54) is 16.7 Å². The lowest BCUT2D eigenvalue weighted by Crippen LogP contribution is -2.48. The van der Waals surface area contributed by atoms with Crippen molar-refractivity contribution >= 4 is 42.1 Å². The predicted molar refractivity (Wildman–Crippen MR) is 146 cm³/mol. The van der Waals surface area contributed by atoms with Crippen molar-refractivity contribution in [2.75, 3.05) is 4.90 Å². The molecule has 3 unspecified atom stereocenters. The number of nitrogens with two attached hydrogens (primary N) is 1. The van der Waals surface area contributed by atoms with Gasteiger partial charge < -0.3 is 20.3 Å². The summed E-state index contributed by atoms with van der Waals surface area (Å²) in [4.78, 5) is 54.6. The number of carbonyl (C=O) groups is 4. The molecule has 0 bridgehead atoms. The Kier molecular flexibility index (Phi) is 10.0. The molecule has 1 heterocycles. The van der Waals surface area contributed by atoms with E-state index in [0.29, 0.717) is 30.5 Å². The molecule has 0 fully saturated rings. The van der Waals surface area contributed by atoms with Gasteiger partial charge in [0.2, 0.25) is 0 Å². The Morgan fingerprint density at radius 2 is 1.73 bits per heavy atom. The van der Waals surface area contributed by atoms with Gasteiger partial charge in [-0.3, -0.25) is 14.4 Å². The van der Waals surface area contributed by atoms with Crippen LogP contribution in [0.4, 0.5) is 18.9 Å². The van der Waals surface area contributed by atoms with E-state index in [-0.39, 0.29) is 17.0 Å². The first-order valence-corrected chi connectivity index (χ1v) is 13.3. The summed E-state index contributed by atoms with van der Waals surface area (Å²) >= 11 is 4.19. The topological polar surface area (TPSA) is 110 Å². The molecule has 8 nitrogen and oxygen atoms in total. The molecule has 3 rings (SSSR count). The van der Waals surface area contributed by atoms with E-state index >= 15 is 0 Å². The van der Waals surface area contributed by atoms with Crippen molar-refractivity contribution < 1.29 is 37.1 Å². The van der Waals surface area contributed by atoms with Crippen molar-refractivity contribution in [3.8, 4) is 0 Å². The number of halogens is 3. The normalized spacial score (nSPS) is 17.4. The van der Waals surface area contributed by atoms with Crippen LogP contribution in [0, 0.1) is 0 Å². The number of esters is 2. The third-order valence-corrected chi connectivity index (χ3v) is 6.77. The smallest absolute Gasteiger partial charge is 0.386 e. The SMILES string of the molecule is CC(C)N1C(=O)C(c2ccccc2)N(C(C)CC(=O)OC(=O)C(F)(F)F)C(=O)c2cc(CCCC(N)S)ccc21. The summed E-state index contributed by atoms with van der Waals surface area (Å²) in [7, 11) is 0. The zero-order valence-electron chi connectivity index (χ0n) is 22.4. The number of carbonyl (C=O) groups excluding carboxylic acids is 4. The lowest BCUT2D eigenvalue weighted by atomic mass is 10.00. The molecule has 40 heavy (non-hydrogen) atoms. The van der Waals surface area contributed by atoms with Gasteiger partial charge in [0.05, 0.1) is 17.7 Å². The second kappa shape index (κ2) is 12.9. The van der Waals surface area contributed by atoms with Gasteiger partial charge in [-0.25, -0.2) is 4.79 Å². The summed E-state index contributed by atoms with van der Waals surface area (Å²) in [6.07, 6.45) is -4.17. The zero-order valence-corrected chi connectivity index (χ0v) is 23.2. The quantitative estimate of drug-likeness (QED) is 0.195. The van der Waals surface area contributed by atoms with E-state index in [1.807, 2.05) is 6.07 Å². The van der Waals surface area contributed by atoms with Crippen LogP contribution in [0.2, 0.25) is 0 Å². The minimum absolute atomic E-state index is 0.208. The predicted octanol–water partition coefficient (Wildman–Crippen LogP) is 4.57. The van der Waals surface area contributed by atoms with Crippen LogP contribution in [0.25, 0.3) is 0 Å². The van der Waals surface area contributed by atoms with Gasteiger partial charge in [-0.15, -0.1) is 0 Å². The molecule has 2 aromatic carbocycles. The number of hydrogen-bond donors (Lipinski definition) is 2. The Balaban J connectivity index is 2.09. The van der Waals surface area contributed by atoms with E-state index in [4.69, 9.17) is 5.73 Å². The molecule has 2 N–H and O–H groups in total. The number of fused-ring (bicyclic) bond motifs is 1. The van der Waals surface area contributed by atoms with Gasteiger partial charge in [-0.05, 0) is 63.3 Å². The highest BCUT2D eigenvalue weighted by Crippen LogP contribution is 2.38. The van der Waals surface area contributed by atoms with E-state index < -0.39 is 48.4 Å². The summed E-state index contributed by atoms with van der Waals surface area (Å²) in [6, 6.07) is 11.0. The van der Waals surface area contributed by atoms with Crippen molar-refractivity contribution in [2.24, 2.45) is 5.73 Å². The van der Waals surface area contributed by atoms with E-state index in [2.05, 4.69) is 17.4 Å². The molecular weight excluding hydrogens is 547 g/mol.